The maximum absolute atomic E-state index is 6.42. The molecule has 0 bridgehead atoms. The van der Waals surface area contributed by atoms with Crippen LogP contribution in [0.1, 0.15) is 35.4 Å². The van der Waals surface area contributed by atoms with E-state index in [-0.39, 0.29) is 6.04 Å². The zero-order valence-electron chi connectivity index (χ0n) is 10.9. The number of thiophene rings is 2. The minimum absolute atomic E-state index is 0.00130. The van der Waals surface area contributed by atoms with Crippen molar-refractivity contribution in [1.29, 1.82) is 0 Å². The number of rotatable bonds is 4. The van der Waals surface area contributed by atoms with E-state index in [1.165, 1.54) is 31.8 Å². The molecule has 1 unspecified atom stereocenters. The Morgan fingerprint density at radius 2 is 2.05 bits per heavy atom. The Bertz CT molecular complexity index is 652. The summed E-state index contributed by atoms with van der Waals surface area (Å²) in [5.41, 5.74) is 9.02. The van der Waals surface area contributed by atoms with Crippen molar-refractivity contribution < 1.29 is 0 Å². The van der Waals surface area contributed by atoms with Gasteiger partial charge in [-0.25, -0.2) is 0 Å². The molecular weight excluding hydrogens is 270 g/mol. The van der Waals surface area contributed by atoms with Crippen LogP contribution < -0.4 is 5.73 Å². The first-order valence-electron chi connectivity index (χ1n) is 6.59. The first-order valence-corrected chi connectivity index (χ1v) is 8.29. The van der Waals surface area contributed by atoms with E-state index in [1.54, 1.807) is 11.3 Å². The van der Waals surface area contributed by atoms with Crippen molar-refractivity contribution in [3.05, 3.63) is 57.8 Å². The molecule has 1 nitrogen and oxygen atoms in total. The highest BCUT2D eigenvalue weighted by Crippen LogP contribution is 2.34. The Labute approximate surface area is 121 Å². The fourth-order valence-corrected chi connectivity index (χ4v) is 4.48. The van der Waals surface area contributed by atoms with Gasteiger partial charge in [-0.1, -0.05) is 37.6 Å². The van der Waals surface area contributed by atoms with E-state index in [4.69, 9.17) is 5.73 Å². The third-order valence-electron chi connectivity index (χ3n) is 3.31. The number of aryl methyl sites for hydroxylation is 1. The molecule has 0 fully saturated rings. The van der Waals surface area contributed by atoms with Crippen molar-refractivity contribution in [3.63, 3.8) is 0 Å². The monoisotopic (exact) mass is 287 g/mol. The zero-order chi connectivity index (χ0) is 13.2. The lowest BCUT2D eigenvalue weighted by atomic mass is 10.0. The highest BCUT2D eigenvalue weighted by Gasteiger charge is 2.13. The smallest absolute Gasteiger partial charge is 0.0646 e. The summed E-state index contributed by atoms with van der Waals surface area (Å²) < 4.78 is 2.69. The summed E-state index contributed by atoms with van der Waals surface area (Å²) in [6.07, 6.45) is 2.30. The molecule has 2 heterocycles. The Morgan fingerprint density at radius 3 is 2.84 bits per heavy atom. The minimum atomic E-state index is 0.00130. The lowest BCUT2D eigenvalue weighted by Crippen LogP contribution is -2.10. The predicted octanol–water partition coefficient (Wildman–Crippen LogP) is 4.96. The summed E-state index contributed by atoms with van der Waals surface area (Å²) >= 11 is 3.60. The van der Waals surface area contributed by atoms with Gasteiger partial charge in [-0.05, 0) is 35.1 Å². The number of fused-ring (bicyclic) bond motifs is 1. The van der Waals surface area contributed by atoms with Crippen LogP contribution >= 0.6 is 22.7 Å². The molecule has 0 spiro atoms. The molecule has 98 valence electrons. The van der Waals surface area contributed by atoms with Crippen molar-refractivity contribution in [2.45, 2.75) is 25.8 Å². The second-order valence-corrected chi connectivity index (χ2v) is 6.83. The molecular formula is C16H17NS2. The van der Waals surface area contributed by atoms with Crippen LogP contribution in [0.4, 0.5) is 0 Å². The van der Waals surface area contributed by atoms with Gasteiger partial charge in [-0.15, -0.1) is 22.7 Å². The molecule has 0 saturated carbocycles. The molecule has 1 atom stereocenters. The normalized spacial score (nSPS) is 12.9. The second-order valence-electron chi connectivity index (χ2n) is 4.77. The molecule has 1 aromatic carbocycles. The highest BCUT2D eigenvalue weighted by atomic mass is 32.1. The van der Waals surface area contributed by atoms with Gasteiger partial charge in [0.15, 0.2) is 0 Å². The summed E-state index contributed by atoms with van der Waals surface area (Å²) in [4.78, 5) is 1.26. The maximum atomic E-state index is 6.42. The van der Waals surface area contributed by atoms with Crippen LogP contribution in [0.2, 0.25) is 0 Å². The molecule has 19 heavy (non-hydrogen) atoms. The first kappa shape index (κ1) is 12.9. The van der Waals surface area contributed by atoms with Gasteiger partial charge in [0.1, 0.15) is 0 Å². The Morgan fingerprint density at radius 1 is 1.16 bits per heavy atom. The largest absolute Gasteiger partial charge is 0.320 e. The zero-order valence-corrected chi connectivity index (χ0v) is 12.6. The average Bonchev–Trinajstić information content (AvgIpc) is 2.99. The molecule has 0 aliphatic rings. The van der Waals surface area contributed by atoms with Gasteiger partial charge in [0.25, 0.3) is 0 Å². The molecule has 0 aliphatic carbocycles. The van der Waals surface area contributed by atoms with E-state index in [9.17, 15) is 0 Å². The molecule has 3 heteroatoms. The predicted molar refractivity (Wildman–Crippen MR) is 86.2 cm³/mol. The van der Waals surface area contributed by atoms with Crippen molar-refractivity contribution in [2.75, 3.05) is 0 Å². The Kier molecular flexibility index (Phi) is 3.69. The molecule has 3 rings (SSSR count). The van der Waals surface area contributed by atoms with E-state index < -0.39 is 0 Å². The summed E-state index contributed by atoms with van der Waals surface area (Å²) in [6, 6.07) is 13.1. The van der Waals surface area contributed by atoms with E-state index in [1.807, 2.05) is 11.3 Å². The molecule has 0 amide bonds. The second kappa shape index (κ2) is 5.45. The first-order chi connectivity index (χ1) is 9.28. The van der Waals surface area contributed by atoms with Crippen molar-refractivity contribution in [3.8, 4) is 0 Å². The summed E-state index contributed by atoms with van der Waals surface area (Å²) in [5.74, 6) is 0. The van der Waals surface area contributed by atoms with E-state index in [0.717, 1.165) is 6.42 Å². The van der Waals surface area contributed by atoms with Gasteiger partial charge >= 0.3 is 0 Å². The summed E-state index contributed by atoms with van der Waals surface area (Å²) in [6.45, 7) is 2.21. The fraction of sp³-hybridized carbons (Fsp3) is 0.250. The molecule has 2 N–H and O–H groups in total. The van der Waals surface area contributed by atoms with Crippen LogP contribution in [0.15, 0.2) is 41.8 Å². The van der Waals surface area contributed by atoms with Gasteiger partial charge < -0.3 is 5.73 Å². The van der Waals surface area contributed by atoms with Crippen molar-refractivity contribution >= 4 is 32.1 Å². The summed E-state index contributed by atoms with van der Waals surface area (Å²) in [5, 5.41) is 2.14. The number of benzene rings is 1. The molecule has 0 saturated heterocycles. The lowest BCUT2D eigenvalue weighted by Gasteiger charge is -2.11. The molecule has 0 radical (unpaired) electrons. The van der Waals surface area contributed by atoms with Crippen LogP contribution in [0.3, 0.4) is 0 Å². The third kappa shape index (κ3) is 2.59. The van der Waals surface area contributed by atoms with Crippen LogP contribution in [0, 0.1) is 0 Å². The molecule has 3 aromatic rings. The number of nitrogens with two attached hydrogens (primary N) is 1. The SMILES string of the molecule is CCCc1cccc(C(N)c2cc3sccc3s2)c1. The van der Waals surface area contributed by atoms with Gasteiger partial charge in [0.05, 0.1) is 6.04 Å². The maximum Gasteiger partial charge on any atom is 0.0646 e. The molecule has 2 aromatic heterocycles. The van der Waals surface area contributed by atoms with Gasteiger partial charge in [-0.2, -0.15) is 0 Å². The van der Waals surface area contributed by atoms with Gasteiger partial charge in [-0.3, -0.25) is 0 Å². The minimum Gasteiger partial charge on any atom is -0.320 e. The number of hydrogen-bond donors (Lipinski definition) is 1. The molecule has 0 aliphatic heterocycles. The van der Waals surface area contributed by atoms with E-state index in [2.05, 4.69) is 48.7 Å². The van der Waals surface area contributed by atoms with E-state index in [0.29, 0.717) is 0 Å². The summed E-state index contributed by atoms with van der Waals surface area (Å²) in [7, 11) is 0. The Balaban J connectivity index is 1.92. The van der Waals surface area contributed by atoms with Crippen LogP contribution in [0.5, 0.6) is 0 Å². The third-order valence-corrected chi connectivity index (χ3v) is 5.49. The lowest BCUT2D eigenvalue weighted by molar-refractivity contribution is 0.875. The van der Waals surface area contributed by atoms with Crippen molar-refractivity contribution in [1.82, 2.24) is 0 Å². The number of hydrogen-bond acceptors (Lipinski definition) is 3. The fourth-order valence-electron chi connectivity index (χ4n) is 2.33. The van der Waals surface area contributed by atoms with Crippen molar-refractivity contribution in [2.24, 2.45) is 5.73 Å². The highest BCUT2D eigenvalue weighted by molar-refractivity contribution is 7.27. The van der Waals surface area contributed by atoms with Gasteiger partial charge in [0, 0.05) is 14.3 Å². The van der Waals surface area contributed by atoms with Crippen LogP contribution in [0.25, 0.3) is 9.40 Å². The van der Waals surface area contributed by atoms with E-state index >= 15 is 0 Å². The van der Waals surface area contributed by atoms with Crippen LogP contribution in [-0.2, 0) is 6.42 Å². The van der Waals surface area contributed by atoms with Gasteiger partial charge in [0.2, 0.25) is 0 Å². The topological polar surface area (TPSA) is 26.0 Å². The van der Waals surface area contributed by atoms with Crippen LogP contribution in [-0.4, -0.2) is 0 Å². The average molecular weight is 287 g/mol. The Hall–Kier alpha value is -1.16. The quantitative estimate of drug-likeness (QED) is 0.721. The standard InChI is InChI=1S/C16H17NS2/c1-2-4-11-5-3-6-12(9-11)16(17)15-10-14-13(19-15)7-8-18-14/h3,5-10,16H,2,4,17H2,1H3.